The number of hydrogen-bond acceptors (Lipinski definition) is 7. The fourth-order valence-corrected chi connectivity index (χ4v) is 3.77. The normalized spacial score (nSPS) is 11.5. The summed E-state index contributed by atoms with van der Waals surface area (Å²) in [7, 11) is 1.56. The number of hydrogen-bond donors (Lipinski definition) is 0. The minimum absolute atomic E-state index is 0.00333. The van der Waals surface area contributed by atoms with Crippen molar-refractivity contribution in [3.05, 3.63) is 97.8 Å². The van der Waals surface area contributed by atoms with Crippen molar-refractivity contribution in [2.75, 3.05) is 7.11 Å². The van der Waals surface area contributed by atoms with Crippen LogP contribution in [0.15, 0.2) is 81.0 Å². The summed E-state index contributed by atoms with van der Waals surface area (Å²) in [4.78, 5) is 28.6. The Bertz CT molecular complexity index is 1670. The zero-order valence-corrected chi connectivity index (χ0v) is 18.4. The van der Waals surface area contributed by atoms with Crippen molar-refractivity contribution in [2.24, 2.45) is 5.10 Å². The second-order valence-electron chi connectivity index (χ2n) is 7.26. The average molecular weight is 475 g/mol. The third kappa shape index (κ3) is 3.67. The van der Waals surface area contributed by atoms with E-state index in [1.54, 1.807) is 61.7 Å². The van der Waals surface area contributed by atoms with E-state index in [1.165, 1.54) is 18.3 Å². The molecule has 5 rings (SSSR count). The highest BCUT2D eigenvalue weighted by Gasteiger charge is 2.18. The highest BCUT2D eigenvalue weighted by Crippen LogP contribution is 2.33. The maximum absolute atomic E-state index is 13.3. The highest BCUT2D eigenvalue weighted by atomic mass is 35.5. The molecule has 0 aliphatic carbocycles. The lowest BCUT2D eigenvalue weighted by molar-refractivity contribution is -0.384. The molecule has 10 heteroatoms. The van der Waals surface area contributed by atoms with Gasteiger partial charge in [-0.25, -0.2) is 4.98 Å². The van der Waals surface area contributed by atoms with Crippen LogP contribution in [0.25, 0.3) is 33.5 Å². The lowest BCUT2D eigenvalue weighted by Gasteiger charge is -2.07. The summed E-state index contributed by atoms with van der Waals surface area (Å²) < 4.78 is 12.5. The van der Waals surface area contributed by atoms with Crippen LogP contribution >= 0.6 is 11.6 Å². The van der Waals surface area contributed by atoms with Gasteiger partial charge in [0.2, 0.25) is 5.82 Å². The van der Waals surface area contributed by atoms with Gasteiger partial charge in [0.05, 0.1) is 34.5 Å². The fraction of sp³-hybridized carbons (Fsp3) is 0.0417. The number of halogens is 1. The van der Waals surface area contributed by atoms with Gasteiger partial charge >= 0.3 is 0 Å². The molecule has 0 amide bonds. The number of nitro groups is 1. The van der Waals surface area contributed by atoms with Crippen LogP contribution in [0.5, 0.6) is 5.75 Å². The van der Waals surface area contributed by atoms with Gasteiger partial charge in [-0.1, -0.05) is 35.9 Å². The van der Waals surface area contributed by atoms with E-state index in [9.17, 15) is 14.9 Å². The molecule has 9 nitrogen and oxygen atoms in total. The average Bonchev–Trinajstić information content (AvgIpc) is 3.28. The first-order chi connectivity index (χ1) is 16.5. The minimum Gasteiger partial charge on any atom is -0.496 e. The van der Waals surface area contributed by atoms with Crippen LogP contribution in [-0.4, -0.2) is 27.9 Å². The van der Waals surface area contributed by atoms with Gasteiger partial charge in [-0.15, -0.1) is 0 Å². The molecule has 3 aromatic carbocycles. The molecule has 0 saturated carbocycles. The standard InChI is InChI=1S/C24H15ClN4O5/c1-33-20-7-4-8-21-16(20)12-22(34-21)23-27-18-6-3-2-5-15(18)24(30)28(23)26-13-14-9-10-17(25)19(11-14)29(31)32/h2-13H,1H3. The zero-order chi connectivity index (χ0) is 23.8. The summed E-state index contributed by atoms with van der Waals surface area (Å²) in [5.41, 5.74) is 0.726. The van der Waals surface area contributed by atoms with Crippen LogP contribution in [0.4, 0.5) is 5.69 Å². The third-order valence-corrected chi connectivity index (χ3v) is 5.52. The Morgan fingerprint density at radius 1 is 1.12 bits per heavy atom. The number of aromatic nitrogens is 2. The number of ether oxygens (including phenoxy) is 1. The van der Waals surface area contributed by atoms with E-state index in [4.69, 9.17) is 20.8 Å². The summed E-state index contributed by atoms with van der Waals surface area (Å²) in [6.45, 7) is 0. The first kappa shape index (κ1) is 21.4. The Hall–Kier alpha value is -4.50. The van der Waals surface area contributed by atoms with Crippen LogP contribution in [-0.2, 0) is 0 Å². The summed E-state index contributed by atoms with van der Waals surface area (Å²) in [6.07, 6.45) is 1.33. The number of nitrogens with zero attached hydrogens (tertiary/aromatic N) is 4. The van der Waals surface area contributed by atoms with Gasteiger partial charge in [-0.2, -0.15) is 9.78 Å². The smallest absolute Gasteiger partial charge is 0.288 e. The summed E-state index contributed by atoms with van der Waals surface area (Å²) in [5.74, 6) is 1.09. The van der Waals surface area contributed by atoms with Gasteiger partial charge in [-0.3, -0.25) is 14.9 Å². The number of benzene rings is 3. The van der Waals surface area contributed by atoms with Crippen molar-refractivity contribution in [3.63, 3.8) is 0 Å². The second-order valence-corrected chi connectivity index (χ2v) is 7.67. The molecular formula is C24H15ClN4O5. The van der Waals surface area contributed by atoms with Gasteiger partial charge in [0.25, 0.3) is 11.2 Å². The molecule has 0 unspecified atom stereocenters. The second kappa shape index (κ2) is 8.45. The molecule has 0 aliphatic rings. The molecule has 0 atom stereocenters. The number of para-hydroxylation sites is 1. The van der Waals surface area contributed by atoms with Gasteiger partial charge in [0.1, 0.15) is 16.4 Å². The van der Waals surface area contributed by atoms with Crippen molar-refractivity contribution in [1.29, 1.82) is 0 Å². The molecule has 0 saturated heterocycles. The monoisotopic (exact) mass is 474 g/mol. The van der Waals surface area contributed by atoms with Crippen molar-refractivity contribution >= 4 is 45.4 Å². The molecule has 0 N–H and O–H groups in total. The lowest BCUT2D eigenvalue weighted by Crippen LogP contribution is -2.20. The number of fused-ring (bicyclic) bond motifs is 2. The molecule has 2 aromatic heterocycles. The molecule has 0 spiro atoms. The Morgan fingerprint density at radius 2 is 1.94 bits per heavy atom. The molecule has 0 aliphatic heterocycles. The molecule has 2 heterocycles. The maximum Gasteiger partial charge on any atom is 0.288 e. The van der Waals surface area contributed by atoms with Crippen LogP contribution in [0.3, 0.4) is 0 Å². The number of rotatable bonds is 5. The molecule has 0 bridgehead atoms. The molecule has 5 aromatic rings. The molecule has 0 radical (unpaired) electrons. The summed E-state index contributed by atoms with van der Waals surface area (Å²) in [5, 5.41) is 16.6. The minimum atomic E-state index is -0.587. The molecular weight excluding hydrogens is 460 g/mol. The quantitative estimate of drug-likeness (QED) is 0.195. The predicted molar refractivity (Wildman–Crippen MR) is 129 cm³/mol. The van der Waals surface area contributed by atoms with Crippen molar-refractivity contribution in [1.82, 2.24) is 9.66 Å². The fourth-order valence-electron chi connectivity index (χ4n) is 3.59. The van der Waals surface area contributed by atoms with E-state index < -0.39 is 10.5 Å². The van der Waals surface area contributed by atoms with Crippen molar-refractivity contribution in [3.8, 4) is 17.3 Å². The summed E-state index contributed by atoms with van der Waals surface area (Å²) in [6, 6.07) is 18.2. The molecule has 0 fully saturated rings. The van der Waals surface area contributed by atoms with Crippen LogP contribution in [0.2, 0.25) is 5.02 Å². The van der Waals surface area contributed by atoms with E-state index in [-0.39, 0.29) is 16.5 Å². The van der Waals surface area contributed by atoms with Crippen LogP contribution in [0, 0.1) is 10.1 Å². The number of nitro benzene ring substituents is 1. The zero-order valence-electron chi connectivity index (χ0n) is 17.6. The SMILES string of the molecule is COc1cccc2oc(-c3nc4ccccc4c(=O)n3N=Cc3ccc(Cl)c([N+](=O)[O-])c3)cc12. The van der Waals surface area contributed by atoms with E-state index in [2.05, 4.69) is 10.1 Å². The number of furan rings is 1. The third-order valence-electron chi connectivity index (χ3n) is 5.20. The van der Waals surface area contributed by atoms with Gasteiger partial charge in [0, 0.05) is 11.6 Å². The van der Waals surface area contributed by atoms with E-state index in [1.807, 2.05) is 0 Å². The topological polar surface area (TPSA) is 113 Å². The summed E-state index contributed by atoms with van der Waals surface area (Å²) >= 11 is 5.89. The van der Waals surface area contributed by atoms with Gasteiger partial charge < -0.3 is 9.15 Å². The molecule has 34 heavy (non-hydrogen) atoms. The van der Waals surface area contributed by atoms with E-state index in [0.29, 0.717) is 38.9 Å². The Labute approximate surface area is 196 Å². The first-order valence-corrected chi connectivity index (χ1v) is 10.4. The largest absolute Gasteiger partial charge is 0.496 e. The Balaban J connectivity index is 1.72. The van der Waals surface area contributed by atoms with Crippen molar-refractivity contribution in [2.45, 2.75) is 0 Å². The number of methoxy groups -OCH3 is 1. The molecule has 168 valence electrons. The Kier molecular flexibility index (Phi) is 5.31. The first-order valence-electron chi connectivity index (χ1n) is 10.0. The van der Waals surface area contributed by atoms with Crippen molar-refractivity contribution < 1.29 is 14.1 Å². The van der Waals surface area contributed by atoms with Crippen LogP contribution in [0.1, 0.15) is 5.56 Å². The Morgan fingerprint density at radius 3 is 2.74 bits per heavy atom. The van der Waals surface area contributed by atoms with E-state index >= 15 is 0 Å². The van der Waals surface area contributed by atoms with E-state index in [0.717, 1.165) is 4.68 Å². The highest BCUT2D eigenvalue weighted by molar-refractivity contribution is 6.32. The van der Waals surface area contributed by atoms with Crippen LogP contribution < -0.4 is 10.3 Å². The predicted octanol–water partition coefficient (Wildman–Crippen LogP) is 5.26. The maximum atomic E-state index is 13.3. The van der Waals surface area contributed by atoms with Gasteiger partial charge in [0.15, 0.2) is 5.76 Å². The lowest BCUT2D eigenvalue weighted by atomic mass is 10.2. The van der Waals surface area contributed by atoms with Gasteiger partial charge in [-0.05, 0) is 36.4 Å².